The Morgan fingerprint density at radius 3 is 2.20 bits per heavy atom. The van der Waals surface area contributed by atoms with E-state index in [2.05, 4.69) is 25.2 Å². The first kappa shape index (κ1) is 7.43. The average molecular weight is 175 g/mol. The van der Waals surface area contributed by atoms with Gasteiger partial charge < -0.3 is 0 Å². The fourth-order valence-electron chi connectivity index (χ4n) is 2.05. The van der Waals surface area contributed by atoms with E-state index in [9.17, 15) is 0 Å². The lowest BCUT2D eigenvalue weighted by atomic mass is 10.00. The highest BCUT2D eigenvalue weighted by molar-refractivity contribution is 8.78. The molecule has 2 rings (SSSR count). The third-order valence-electron chi connectivity index (χ3n) is 3.11. The Labute approximate surface area is 68.2 Å². The standard InChI is InChI=1S/C8H16PS/c1-3-9(7(2)10-9)8-5-4-6-8/h7-8H,3-6H2,1-2H3/q+1. The third-order valence-corrected chi connectivity index (χ3v) is 12.9. The zero-order valence-electron chi connectivity index (χ0n) is 6.84. The van der Waals surface area contributed by atoms with E-state index in [1.54, 1.807) is 12.8 Å². The van der Waals surface area contributed by atoms with Crippen LogP contribution in [0.4, 0.5) is 0 Å². The fourth-order valence-corrected chi connectivity index (χ4v) is 10.9. The minimum Gasteiger partial charge on any atom is -0.0458 e. The second-order valence-corrected chi connectivity index (χ2v) is 11.2. The second kappa shape index (κ2) is 2.38. The van der Waals surface area contributed by atoms with Crippen LogP contribution in [0.15, 0.2) is 0 Å². The zero-order valence-corrected chi connectivity index (χ0v) is 8.55. The first-order valence-electron chi connectivity index (χ1n) is 4.35. The van der Waals surface area contributed by atoms with Crippen LogP contribution in [-0.2, 0) is 0 Å². The van der Waals surface area contributed by atoms with Gasteiger partial charge in [0.1, 0.15) is 0 Å². The lowest BCUT2D eigenvalue weighted by Crippen LogP contribution is -2.17. The molecule has 0 N–H and O–H groups in total. The molecule has 0 aromatic carbocycles. The minimum atomic E-state index is -0.352. The summed E-state index contributed by atoms with van der Waals surface area (Å²) in [6.07, 6.45) is 6.18. The molecule has 0 amide bonds. The Kier molecular flexibility index (Phi) is 1.77. The molecule has 0 radical (unpaired) electrons. The van der Waals surface area contributed by atoms with E-state index < -0.39 is 0 Å². The lowest BCUT2D eigenvalue weighted by molar-refractivity contribution is 0.513. The molecule has 0 aromatic rings. The maximum absolute atomic E-state index is 2.44. The van der Waals surface area contributed by atoms with Gasteiger partial charge in [0.05, 0.1) is 29.7 Å². The van der Waals surface area contributed by atoms with Crippen molar-refractivity contribution in [1.82, 2.24) is 0 Å². The van der Waals surface area contributed by atoms with Gasteiger partial charge in [-0.25, -0.2) is 0 Å². The van der Waals surface area contributed by atoms with Gasteiger partial charge in [0, 0.05) is 0 Å². The molecule has 58 valence electrons. The Hall–Kier alpha value is 0.780. The minimum absolute atomic E-state index is 0.352. The molecule has 10 heavy (non-hydrogen) atoms. The van der Waals surface area contributed by atoms with Crippen molar-refractivity contribution < 1.29 is 0 Å². The molecule has 0 aromatic heterocycles. The number of hydrogen-bond donors (Lipinski definition) is 0. The van der Waals surface area contributed by atoms with Gasteiger partial charge in [0.25, 0.3) is 0 Å². The normalized spacial score (nSPS) is 46.8. The summed E-state index contributed by atoms with van der Waals surface area (Å²) in [7, 11) is 0. The zero-order chi connectivity index (χ0) is 7.19. The first-order valence-corrected chi connectivity index (χ1v) is 7.95. The van der Waals surface area contributed by atoms with Crippen LogP contribution in [0.3, 0.4) is 0 Å². The Morgan fingerprint density at radius 1 is 1.50 bits per heavy atom. The van der Waals surface area contributed by atoms with E-state index in [0.29, 0.717) is 0 Å². The smallest absolute Gasteiger partial charge is 0.0458 e. The van der Waals surface area contributed by atoms with Crippen LogP contribution >= 0.6 is 17.8 Å². The average Bonchev–Trinajstić information content (AvgIpc) is 2.39. The highest BCUT2D eigenvalue weighted by atomic mass is 32.8. The van der Waals surface area contributed by atoms with E-state index in [4.69, 9.17) is 0 Å². The van der Waals surface area contributed by atoms with E-state index in [1.807, 2.05) is 0 Å². The van der Waals surface area contributed by atoms with Crippen LogP contribution in [0.5, 0.6) is 0 Å². The van der Waals surface area contributed by atoms with E-state index in [0.717, 1.165) is 4.99 Å². The van der Waals surface area contributed by atoms with Crippen molar-refractivity contribution in [3.8, 4) is 0 Å². The van der Waals surface area contributed by atoms with Crippen LogP contribution < -0.4 is 0 Å². The molecule has 0 nitrogen and oxygen atoms in total. The summed E-state index contributed by atoms with van der Waals surface area (Å²) in [5.74, 6) is 0. The van der Waals surface area contributed by atoms with Crippen molar-refractivity contribution in [2.45, 2.75) is 43.8 Å². The monoisotopic (exact) mass is 175 g/mol. The first-order chi connectivity index (χ1) is 4.79. The molecule has 1 heterocycles. The van der Waals surface area contributed by atoms with Crippen molar-refractivity contribution in [3.63, 3.8) is 0 Å². The maximum atomic E-state index is 2.44. The van der Waals surface area contributed by atoms with Gasteiger partial charge >= 0.3 is 0 Å². The van der Waals surface area contributed by atoms with Crippen molar-refractivity contribution >= 4 is 17.8 Å². The Balaban J connectivity index is 1.99. The highest BCUT2D eigenvalue weighted by Gasteiger charge is 2.67. The molecule has 0 spiro atoms. The predicted octanol–water partition coefficient (Wildman–Crippen LogP) is 3.58. The third kappa shape index (κ3) is 0.865. The van der Waals surface area contributed by atoms with Crippen LogP contribution in [-0.4, -0.2) is 16.8 Å². The van der Waals surface area contributed by atoms with Gasteiger partial charge in [-0.15, -0.1) is 0 Å². The number of rotatable bonds is 2. The molecule has 2 atom stereocenters. The van der Waals surface area contributed by atoms with Gasteiger partial charge in [0.2, 0.25) is 0 Å². The van der Waals surface area contributed by atoms with E-state index in [1.165, 1.54) is 18.2 Å². The largest absolute Gasteiger partial charge is 0.158 e. The summed E-state index contributed by atoms with van der Waals surface area (Å²) < 4.78 is 0. The molecule has 1 saturated heterocycles. The van der Waals surface area contributed by atoms with Crippen molar-refractivity contribution in [3.05, 3.63) is 0 Å². The molecule has 1 aliphatic heterocycles. The van der Waals surface area contributed by atoms with Crippen molar-refractivity contribution in [2.24, 2.45) is 0 Å². The lowest BCUT2D eigenvalue weighted by Gasteiger charge is -2.26. The SMILES string of the molecule is CC[P+]1(C2CCC2)SC1C. The van der Waals surface area contributed by atoms with Gasteiger partial charge in [-0.1, -0.05) is 0 Å². The summed E-state index contributed by atoms with van der Waals surface area (Å²) in [5, 5.41) is 0. The quantitative estimate of drug-likeness (QED) is 0.456. The molecule has 2 unspecified atom stereocenters. The van der Waals surface area contributed by atoms with E-state index >= 15 is 0 Å². The molecule has 1 saturated carbocycles. The van der Waals surface area contributed by atoms with E-state index in [-0.39, 0.29) is 6.46 Å². The van der Waals surface area contributed by atoms with Crippen LogP contribution in [0.2, 0.25) is 0 Å². The van der Waals surface area contributed by atoms with Crippen LogP contribution in [0.25, 0.3) is 0 Å². The molecular weight excluding hydrogens is 159 g/mol. The van der Waals surface area contributed by atoms with Crippen molar-refractivity contribution in [1.29, 1.82) is 0 Å². The Morgan fingerprint density at radius 2 is 2.10 bits per heavy atom. The summed E-state index contributed by atoms with van der Waals surface area (Å²) in [6, 6.07) is 0. The summed E-state index contributed by atoms with van der Waals surface area (Å²) in [5.41, 5.74) is 1.21. The topological polar surface area (TPSA) is 0 Å². The fraction of sp³-hybridized carbons (Fsp3) is 1.00. The predicted molar refractivity (Wildman–Crippen MR) is 52.2 cm³/mol. The Bertz CT molecular complexity index is 140. The molecule has 0 bridgehead atoms. The van der Waals surface area contributed by atoms with Crippen molar-refractivity contribution in [2.75, 3.05) is 6.16 Å². The molecule has 2 aliphatic rings. The molecule has 2 heteroatoms. The summed E-state index contributed by atoms with van der Waals surface area (Å²) in [4.78, 5) is 1.09. The molecular formula is C8H16PS+. The van der Waals surface area contributed by atoms with Gasteiger partial charge in [-0.05, 0) is 33.1 Å². The van der Waals surface area contributed by atoms with Gasteiger partial charge in [-0.2, -0.15) is 0 Å². The van der Waals surface area contributed by atoms with Crippen LogP contribution in [0.1, 0.15) is 33.1 Å². The molecule has 1 aliphatic carbocycles. The van der Waals surface area contributed by atoms with Crippen LogP contribution in [0, 0.1) is 0 Å². The maximum Gasteiger partial charge on any atom is 0.158 e. The second-order valence-electron chi connectivity index (χ2n) is 3.46. The highest BCUT2D eigenvalue weighted by Crippen LogP contribution is 2.97. The summed E-state index contributed by atoms with van der Waals surface area (Å²) >= 11 is 2.33. The number of hydrogen-bond acceptors (Lipinski definition) is 1. The molecule has 2 fully saturated rings. The van der Waals surface area contributed by atoms with Gasteiger partial charge in [-0.3, -0.25) is 0 Å². The van der Waals surface area contributed by atoms with Gasteiger partial charge in [0.15, 0.2) is 4.99 Å². The summed E-state index contributed by atoms with van der Waals surface area (Å²) in [6.45, 7) is 4.50.